The molecule has 2 N–H and O–H groups in total. The number of methoxy groups -OCH3 is 2. The molecule has 2 aromatic carbocycles. The summed E-state index contributed by atoms with van der Waals surface area (Å²) in [7, 11) is 3.19. The van der Waals surface area contributed by atoms with Crippen LogP contribution in [0.1, 0.15) is 11.1 Å². The van der Waals surface area contributed by atoms with Crippen LogP contribution >= 0.6 is 23.4 Å². The molecule has 0 radical (unpaired) electrons. The van der Waals surface area contributed by atoms with E-state index in [2.05, 4.69) is 0 Å². The molecule has 1 aliphatic rings. The molecule has 1 atom stereocenters. The van der Waals surface area contributed by atoms with E-state index in [1.807, 2.05) is 48.7 Å². The minimum atomic E-state index is -0.993. The highest BCUT2D eigenvalue weighted by atomic mass is 35.5. The molecule has 1 heterocycles. The molecule has 0 fully saturated rings. The van der Waals surface area contributed by atoms with Gasteiger partial charge in [-0.25, -0.2) is 9.98 Å². The Labute approximate surface area is 155 Å². The summed E-state index contributed by atoms with van der Waals surface area (Å²) in [5.41, 5.74) is 6.77. The predicted octanol–water partition coefficient (Wildman–Crippen LogP) is 3.69. The van der Waals surface area contributed by atoms with Crippen LogP contribution in [0, 0.1) is 0 Å². The fourth-order valence-electron chi connectivity index (χ4n) is 2.78. The molecule has 5 nitrogen and oxygen atoms in total. The van der Waals surface area contributed by atoms with E-state index in [4.69, 9.17) is 36.8 Å². The molecular weight excluding hydrogens is 358 g/mol. The fourth-order valence-corrected chi connectivity index (χ4v) is 3.45. The van der Waals surface area contributed by atoms with Gasteiger partial charge in [-0.15, -0.1) is 11.8 Å². The van der Waals surface area contributed by atoms with Crippen molar-refractivity contribution in [1.82, 2.24) is 0 Å². The van der Waals surface area contributed by atoms with E-state index in [1.54, 1.807) is 14.2 Å². The molecule has 7 heteroatoms. The van der Waals surface area contributed by atoms with Gasteiger partial charge in [-0.3, -0.25) is 0 Å². The van der Waals surface area contributed by atoms with E-state index >= 15 is 0 Å². The van der Waals surface area contributed by atoms with Crippen LogP contribution < -0.4 is 15.2 Å². The van der Waals surface area contributed by atoms with E-state index in [0.717, 1.165) is 11.1 Å². The smallest absolute Gasteiger partial charge is 0.205 e. The fraction of sp³-hybridized carbons (Fsp3) is 0.222. The maximum Gasteiger partial charge on any atom is 0.205 e. The van der Waals surface area contributed by atoms with Gasteiger partial charge in [0.25, 0.3) is 0 Å². The number of hydrogen-bond donors (Lipinski definition) is 1. The van der Waals surface area contributed by atoms with Gasteiger partial charge in [0.15, 0.2) is 17.3 Å². The molecule has 0 aliphatic carbocycles. The van der Waals surface area contributed by atoms with E-state index in [9.17, 15) is 0 Å². The summed E-state index contributed by atoms with van der Waals surface area (Å²) in [5, 5.41) is 1.30. The number of hydrogen-bond acceptors (Lipinski definition) is 6. The Kier molecular flexibility index (Phi) is 4.92. The van der Waals surface area contributed by atoms with E-state index < -0.39 is 5.66 Å². The predicted molar refractivity (Wildman–Crippen MR) is 104 cm³/mol. The van der Waals surface area contributed by atoms with Crippen LogP contribution in [-0.4, -0.2) is 31.4 Å². The standard InChI is InChI=1S/C18H18ClN3O2S/c1-23-14-8-7-12(10-15(14)24-2)18(11-5-4-6-13(19)9-11)21-16(20)17(22-18)25-3/h4-10H,1-3H3,(H2,20,21). The van der Waals surface area contributed by atoms with Crippen molar-refractivity contribution in [3.63, 3.8) is 0 Å². The zero-order valence-corrected chi connectivity index (χ0v) is 15.7. The largest absolute Gasteiger partial charge is 0.493 e. The summed E-state index contributed by atoms with van der Waals surface area (Å²) < 4.78 is 10.8. The van der Waals surface area contributed by atoms with E-state index in [-0.39, 0.29) is 0 Å². The molecule has 1 aliphatic heterocycles. The van der Waals surface area contributed by atoms with Crippen molar-refractivity contribution in [3.05, 3.63) is 58.6 Å². The first-order valence-corrected chi connectivity index (χ1v) is 9.12. The van der Waals surface area contributed by atoms with E-state index in [1.165, 1.54) is 11.8 Å². The third kappa shape index (κ3) is 3.07. The van der Waals surface area contributed by atoms with Gasteiger partial charge >= 0.3 is 0 Å². The second-order valence-corrected chi connectivity index (χ2v) is 6.60. The molecule has 0 amide bonds. The molecule has 2 aromatic rings. The second kappa shape index (κ2) is 6.98. The Hall–Kier alpha value is -2.18. The SMILES string of the molecule is COc1ccc(C2(c3cccc(Cl)c3)N=C(N)C(SC)=N2)cc1OC. The van der Waals surface area contributed by atoms with Crippen LogP contribution in [0.25, 0.3) is 0 Å². The number of halogens is 1. The molecule has 1 unspecified atom stereocenters. The zero-order chi connectivity index (χ0) is 18.0. The summed E-state index contributed by atoms with van der Waals surface area (Å²) >= 11 is 7.67. The summed E-state index contributed by atoms with van der Waals surface area (Å²) in [6.45, 7) is 0. The first-order chi connectivity index (χ1) is 12.0. The topological polar surface area (TPSA) is 69.2 Å². The molecule has 3 rings (SSSR count). The van der Waals surface area contributed by atoms with Gasteiger partial charge in [0, 0.05) is 16.1 Å². The van der Waals surface area contributed by atoms with Gasteiger partial charge in [0.05, 0.1) is 14.2 Å². The van der Waals surface area contributed by atoms with Crippen molar-refractivity contribution in [2.45, 2.75) is 5.66 Å². The van der Waals surface area contributed by atoms with Crippen LogP contribution in [0.4, 0.5) is 0 Å². The number of thioether (sulfide) groups is 1. The first-order valence-electron chi connectivity index (χ1n) is 7.52. The Bertz CT molecular complexity index is 869. The van der Waals surface area contributed by atoms with Gasteiger partial charge in [-0.2, -0.15) is 0 Å². The van der Waals surface area contributed by atoms with Crippen LogP contribution in [0.15, 0.2) is 52.4 Å². The van der Waals surface area contributed by atoms with Crippen LogP contribution in [0.3, 0.4) is 0 Å². The lowest BCUT2D eigenvalue weighted by molar-refractivity contribution is 0.353. The van der Waals surface area contributed by atoms with Gasteiger partial charge in [0.2, 0.25) is 5.66 Å². The van der Waals surface area contributed by atoms with Crippen LogP contribution in [0.2, 0.25) is 5.02 Å². The Morgan fingerprint density at radius 2 is 1.72 bits per heavy atom. The summed E-state index contributed by atoms with van der Waals surface area (Å²) in [6.07, 6.45) is 1.92. The second-order valence-electron chi connectivity index (χ2n) is 5.37. The molecule has 0 aromatic heterocycles. The number of ether oxygens (including phenoxy) is 2. The monoisotopic (exact) mass is 375 g/mol. The summed E-state index contributed by atoms with van der Waals surface area (Å²) in [5.74, 6) is 1.64. The number of amidine groups is 1. The summed E-state index contributed by atoms with van der Waals surface area (Å²) in [6, 6.07) is 13.1. The lowest BCUT2D eigenvalue weighted by Crippen LogP contribution is -2.22. The van der Waals surface area contributed by atoms with Crippen LogP contribution in [0.5, 0.6) is 11.5 Å². The Morgan fingerprint density at radius 1 is 1.00 bits per heavy atom. The third-order valence-corrected chi connectivity index (χ3v) is 4.89. The molecular formula is C18H18ClN3O2S. The molecule has 0 saturated carbocycles. The third-order valence-electron chi connectivity index (χ3n) is 3.97. The minimum absolute atomic E-state index is 0.405. The number of nitrogens with zero attached hydrogens (tertiary/aromatic N) is 2. The molecule has 0 saturated heterocycles. The van der Waals surface area contributed by atoms with Crippen molar-refractivity contribution in [2.75, 3.05) is 20.5 Å². The maximum atomic E-state index is 6.21. The summed E-state index contributed by atoms with van der Waals surface area (Å²) in [4.78, 5) is 9.53. The highest BCUT2D eigenvalue weighted by Crippen LogP contribution is 2.43. The normalized spacial score (nSPS) is 19.4. The zero-order valence-electron chi connectivity index (χ0n) is 14.1. The Balaban J connectivity index is 2.26. The number of nitrogens with two attached hydrogens (primary N) is 1. The first kappa shape index (κ1) is 17.6. The number of benzene rings is 2. The molecule has 25 heavy (non-hydrogen) atoms. The lowest BCUT2D eigenvalue weighted by Gasteiger charge is -2.25. The molecule has 0 spiro atoms. The average Bonchev–Trinajstić information content (AvgIpc) is 2.99. The highest BCUT2D eigenvalue weighted by molar-refractivity contribution is 8.15. The highest BCUT2D eigenvalue weighted by Gasteiger charge is 2.39. The quantitative estimate of drug-likeness (QED) is 0.884. The van der Waals surface area contributed by atoms with Crippen molar-refractivity contribution in [2.24, 2.45) is 15.7 Å². The van der Waals surface area contributed by atoms with Crippen molar-refractivity contribution in [1.29, 1.82) is 0 Å². The van der Waals surface area contributed by atoms with Crippen molar-refractivity contribution in [3.8, 4) is 11.5 Å². The van der Waals surface area contributed by atoms with Gasteiger partial charge < -0.3 is 15.2 Å². The number of rotatable bonds is 4. The molecule has 130 valence electrons. The molecule has 0 bridgehead atoms. The average molecular weight is 376 g/mol. The lowest BCUT2D eigenvalue weighted by atomic mass is 9.92. The Morgan fingerprint density at radius 3 is 2.32 bits per heavy atom. The number of aliphatic imine (C=N–C) groups is 2. The van der Waals surface area contributed by atoms with E-state index in [0.29, 0.717) is 27.4 Å². The maximum absolute atomic E-state index is 6.21. The van der Waals surface area contributed by atoms with Crippen molar-refractivity contribution < 1.29 is 9.47 Å². The van der Waals surface area contributed by atoms with Gasteiger partial charge in [-0.1, -0.05) is 29.8 Å². The van der Waals surface area contributed by atoms with Gasteiger partial charge in [0.1, 0.15) is 5.04 Å². The minimum Gasteiger partial charge on any atom is -0.493 e. The van der Waals surface area contributed by atoms with Crippen molar-refractivity contribution >= 4 is 34.2 Å². The van der Waals surface area contributed by atoms with Gasteiger partial charge in [-0.05, 0) is 30.5 Å². The van der Waals surface area contributed by atoms with Crippen LogP contribution in [-0.2, 0) is 5.66 Å².